The second-order valence-corrected chi connectivity index (χ2v) is 5.43. The van der Waals surface area contributed by atoms with Gasteiger partial charge in [0.05, 0.1) is 18.8 Å². The number of halogens is 1. The zero-order valence-corrected chi connectivity index (χ0v) is 10.8. The number of thiophene rings is 1. The lowest BCUT2D eigenvalue weighted by Gasteiger charge is -2.12. The van der Waals surface area contributed by atoms with E-state index in [1.54, 1.807) is 17.4 Å². The van der Waals surface area contributed by atoms with Gasteiger partial charge in [-0.05, 0) is 43.5 Å². The number of hydrogen-bond donors (Lipinski definition) is 1. The molecule has 0 spiro atoms. The van der Waals surface area contributed by atoms with Crippen LogP contribution in [-0.2, 0) is 4.74 Å². The van der Waals surface area contributed by atoms with Crippen LogP contribution in [0.4, 0.5) is 4.39 Å². The van der Waals surface area contributed by atoms with Gasteiger partial charge in [-0.15, -0.1) is 11.3 Å². The molecular formula is C13H16FNOS. The quantitative estimate of drug-likeness (QED) is 0.905. The molecule has 0 bridgehead atoms. The van der Waals surface area contributed by atoms with Crippen LogP contribution in [-0.4, -0.2) is 12.7 Å². The summed E-state index contributed by atoms with van der Waals surface area (Å²) in [6.45, 7) is 4.45. The zero-order valence-electron chi connectivity index (χ0n) is 9.94. The maximum Gasteiger partial charge on any atom is 0.123 e. The van der Waals surface area contributed by atoms with Gasteiger partial charge in [0.1, 0.15) is 5.82 Å². The summed E-state index contributed by atoms with van der Waals surface area (Å²) < 4.78 is 19.6. The second-order valence-electron chi connectivity index (χ2n) is 4.32. The maximum atomic E-state index is 13.0. The fourth-order valence-corrected chi connectivity index (χ4v) is 2.63. The van der Waals surface area contributed by atoms with Gasteiger partial charge in [-0.2, -0.15) is 0 Å². The summed E-state index contributed by atoms with van der Waals surface area (Å²) in [4.78, 5) is 1.03. The molecule has 0 saturated carbocycles. The molecule has 0 aliphatic rings. The number of fused-ring (bicyclic) bond motifs is 1. The lowest BCUT2D eigenvalue weighted by molar-refractivity contribution is 0.0689. The van der Waals surface area contributed by atoms with Crippen molar-refractivity contribution in [2.75, 3.05) is 6.61 Å². The normalized spacial score (nSPS) is 13.5. The molecule has 0 saturated heterocycles. The first-order valence-corrected chi connectivity index (χ1v) is 6.44. The predicted molar refractivity (Wildman–Crippen MR) is 69.8 cm³/mol. The van der Waals surface area contributed by atoms with Crippen molar-refractivity contribution in [1.29, 1.82) is 0 Å². The van der Waals surface area contributed by atoms with E-state index >= 15 is 0 Å². The summed E-state index contributed by atoms with van der Waals surface area (Å²) >= 11 is 1.59. The average molecular weight is 253 g/mol. The molecule has 1 aromatic carbocycles. The van der Waals surface area contributed by atoms with E-state index in [-0.39, 0.29) is 18.0 Å². The van der Waals surface area contributed by atoms with E-state index in [2.05, 4.69) is 0 Å². The molecule has 0 aliphatic heterocycles. The minimum absolute atomic E-state index is 0.141. The third-order valence-corrected chi connectivity index (χ3v) is 3.72. The average Bonchev–Trinajstić information content (AvgIpc) is 2.68. The minimum atomic E-state index is -0.214. The van der Waals surface area contributed by atoms with Crippen LogP contribution in [0.2, 0.25) is 0 Å². The second kappa shape index (κ2) is 5.12. The van der Waals surface area contributed by atoms with Crippen molar-refractivity contribution in [3.05, 3.63) is 35.0 Å². The highest BCUT2D eigenvalue weighted by molar-refractivity contribution is 7.19. The van der Waals surface area contributed by atoms with Gasteiger partial charge in [-0.25, -0.2) is 4.39 Å². The van der Waals surface area contributed by atoms with Crippen molar-refractivity contribution in [3.8, 4) is 0 Å². The van der Waals surface area contributed by atoms with Crippen molar-refractivity contribution in [2.45, 2.75) is 26.0 Å². The summed E-state index contributed by atoms with van der Waals surface area (Å²) in [5.74, 6) is -0.214. The smallest absolute Gasteiger partial charge is 0.123 e. The van der Waals surface area contributed by atoms with Crippen molar-refractivity contribution in [2.24, 2.45) is 5.73 Å². The Labute approximate surface area is 104 Å². The molecule has 2 aromatic rings. The Morgan fingerprint density at radius 2 is 2.12 bits per heavy atom. The Morgan fingerprint density at radius 3 is 2.82 bits per heavy atom. The van der Waals surface area contributed by atoms with Gasteiger partial charge >= 0.3 is 0 Å². The number of ether oxygens (including phenoxy) is 1. The molecule has 0 fully saturated rings. The molecule has 2 nitrogen and oxygen atoms in total. The molecule has 1 aromatic heterocycles. The highest BCUT2D eigenvalue weighted by Gasteiger charge is 2.11. The summed E-state index contributed by atoms with van der Waals surface area (Å²) in [6, 6.07) is 6.59. The number of nitrogens with two attached hydrogens (primary N) is 1. The van der Waals surface area contributed by atoms with E-state index in [9.17, 15) is 4.39 Å². The molecule has 0 aliphatic carbocycles. The molecule has 1 unspecified atom stereocenters. The van der Waals surface area contributed by atoms with Gasteiger partial charge in [-0.3, -0.25) is 0 Å². The highest BCUT2D eigenvalue weighted by atomic mass is 32.1. The first kappa shape index (κ1) is 12.5. The van der Waals surface area contributed by atoms with E-state index in [4.69, 9.17) is 10.5 Å². The topological polar surface area (TPSA) is 35.2 Å². The van der Waals surface area contributed by atoms with E-state index in [1.165, 1.54) is 12.1 Å². The molecule has 17 heavy (non-hydrogen) atoms. The van der Waals surface area contributed by atoms with Crippen LogP contribution in [0, 0.1) is 5.82 Å². The van der Waals surface area contributed by atoms with Crippen LogP contribution in [0.1, 0.15) is 24.8 Å². The van der Waals surface area contributed by atoms with Crippen molar-refractivity contribution < 1.29 is 9.13 Å². The van der Waals surface area contributed by atoms with E-state index in [0.29, 0.717) is 6.61 Å². The SMILES string of the molecule is CC(C)OCC(N)c1cc2cc(F)ccc2s1. The Morgan fingerprint density at radius 1 is 1.35 bits per heavy atom. The number of hydrogen-bond acceptors (Lipinski definition) is 3. The third kappa shape index (κ3) is 3.03. The van der Waals surface area contributed by atoms with Gasteiger partial charge in [0.2, 0.25) is 0 Å². The van der Waals surface area contributed by atoms with Crippen molar-refractivity contribution in [3.63, 3.8) is 0 Å². The van der Waals surface area contributed by atoms with E-state index in [1.807, 2.05) is 19.9 Å². The summed E-state index contributed by atoms with van der Waals surface area (Å²) in [5.41, 5.74) is 6.04. The van der Waals surface area contributed by atoms with Gasteiger partial charge in [0, 0.05) is 9.58 Å². The maximum absolute atomic E-state index is 13.0. The monoisotopic (exact) mass is 253 g/mol. The largest absolute Gasteiger partial charge is 0.377 e. The number of rotatable bonds is 4. The summed E-state index contributed by atoms with van der Waals surface area (Å²) in [6.07, 6.45) is 0.174. The van der Waals surface area contributed by atoms with Crippen molar-refractivity contribution in [1.82, 2.24) is 0 Å². The zero-order chi connectivity index (χ0) is 12.4. The highest BCUT2D eigenvalue weighted by Crippen LogP contribution is 2.29. The van der Waals surface area contributed by atoms with Gasteiger partial charge in [0.25, 0.3) is 0 Å². The predicted octanol–water partition coefficient (Wildman–Crippen LogP) is 3.47. The molecular weight excluding hydrogens is 237 g/mol. The first-order valence-electron chi connectivity index (χ1n) is 5.62. The minimum Gasteiger partial charge on any atom is -0.377 e. The van der Waals surface area contributed by atoms with Crippen LogP contribution < -0.4 is 5.73 Å². The van der Waals surface area contributed by atoms with Crippen molar-refractivity contribution >= 4 is 21.4 Å². The van der Waals surface area contributed by atoms with Crippen LogP contribution in [0.15, 0.2) is 24.3 Å². The molecule has 2 N–H and O–H groups in total. The number of benzene rings is 1. The Kier molecular flexibility index (Phi) is 3.76. The lowest BCUT2D eigenvalue weighted by atomic mass is 10.2. The molecule has 0 radical (unpaired) electrons. The molecule has 1 heterocycles. The molecule has 0 amide bonds. The van der Waals surface area contributed by atoms with Crippen LogP contribution in [0.5, 0.6) is 0 Å². The van der Waals surface area contributed by atoms with Gasteiger partial charge in [0.15, 0.2) is 0 Å². The Balaban J connectivity index is 2.18. The molecule has 2 rings (SSSR count). The third-order valence-electron chi connectivity index (χ3n) is 2.47. The fraction of sp³-hybridized carbons (Fsp3) is 0.385. The van der Waals surface area contributed by atoms with E-state index in [0.717, 1.165) is 15.0 Å². The Hall–Kier alpha value is -0.970. The standard InChI is InChI=1S/C13H16FNOS/c1-8(2)16-7-11(15)13-6-9-5-10(14)3-4-12(9)17-13/h3-6,8,11H,7,15H2,1-2H3. The summed E-state index contributed by atoms with van der Waals surface area (Å²) in [7, 11) is 0. The first-order chi connectivity index (χ1) is 8.06. The molecule has 1 atom stereocenters. The molecule has 4 heteroatoms. The lowest BCUT2D eigenvalue weighted by Crippen LogP contribution is -2.18. The Bertz CT molecular complexity index is 509. The van der Waals surface area contributed by atoms with Gasteiger partial charge in [-0.1, -0.05) is 0 Å². The molecule has 92 valence electrons. The van der Waals surface area contributed by atoms with E-state index < -0.39 is 0 Å². The van der Waals surface area contributed by atoms with Crippen LogP contribution >= 0.6 is 11.3 Å². The fourth-order valence-electron chi connectivity index (χ4n) is 1.60. The van der Waals surface area contributed by atoms with Crippen LogP contribution in [0.3, 0.4) is 0 Å². The van der Waals surface area contributed by atoms with Crippen LogP contribution in [0.25, 0.3) is 10.1 Å². The van der Waals surface area contributed by atoms with Gasteiger partial charge < -0.3 is 10.5 Å². The summed E-state index contributed by atoms with van der Waals surface area (Å²) in [5, 5.41) is 0.907.